The molecule has 1 atom stereocenters. The van der Waals surface area contributed by atoms with E-state index in [9.17, 15) is 9.59 Å². The molecule has 0 aliphatic rings. The van der Waals surface area contributed by atoms with Gasteiger partial charge in [-0.25, -0.2) is 4.79 Å². The molecule has 3 N–H and O–H groups in total. The molecule has 1 aromatic rings. The van der Waals surface area contributed by atoms with Crippen molar-refractivity contribution in [2.45, 2.75) is 11.0 Å². The van der Waals surface area contributed by atoms with Gasteiger partial charge in [-0.15, -0.1) is 11.8 Å². The van der Waals surface area contributed by atoms with E-state index in [0.29, 0.717) is 5.75 Å². The van der Waals surface area contributed by atoms with Gasteiger partial charge in [0.25, 0.3) is 0 Å². The van der Waals surface area contributed by atoms with Gasteiger partial charge in [0.05, 0.1) is 6.07 Å². The van der Waals surface area contributed by atoms with Gasteiger partial charge in [-0.3, -0.25) is 4.79 Å². The highest BCUT2D eigenvalue weighted by atomic mass is 32.2. The number of nitriles is 1. The standard InChI is InChI=1S/C13H15N3O3S/c14-6-7-15-12(17)11(8-16-13(18)19)20-9-10-4-2-1-3-5-10/h1-5,11,16H,7-9H2,(H,15,17)(H,18,19). The number of carbonyl (C=O) groups is 2. The van der Waals surface area contributed by atoms with Gasteiger partial charge >= 0.3 is 6.09 Å². The highest BCUT2D eigenvalue weighted by Gasteiger charge is 2.19. The zero-order chi connectivity index (χ0) is 14.8. The predicted octanol–water partition coefficient (Wildman–Crippen LogP) is 1.20. The van der Waals surface area contributed by atoms with Crippen LogP contribution >= 0.6 is 11.8 Å². The minimum absolute atomic E-state index is 0.00406. The van der Waals surface area contributed by atoms with Crippen LogP contribution in [0.2, 0.25) is 0 Å². The maximum Gasteiger partial charge on any atom is 0.404 e. The second-order valence-electron chi connectivity index (χ2n) is 3.85. The van der Waals surface area contributed by atoms with Gasteiger partial charge in [-0.1, -0.05) is 30.3 Å². The quantitative estimate of drug-likeness (QED) is 0.655. The predicted molar refractivity (Wildman–Crippen MR) is 76.2 cm³/mol. The van der Waals surface area contributed by atoms with Gasteiger partial charge in [-0.05, 0) is 5.56 Å². The normalized spacial score (nSPS) is 11.2. The van der Waals surface area contributed by atoms with Gasteiger partial charge < -0.3 is 15.7 Å². The van der Waals surface area contributed by atoms with Crippen molar-refractivity contribution in [2.75, 3.05) is 13.1 Å². The molecule has 0 fully saturated rings. The third-order valence-electron chi connectivity index (χ3n) is 2.37. The number of hydrogen-bond acceptors (Lipinski definition) is 4. The minimum Gasteiger partial charge on any atom is -0.465 e. The lowest BCUT2D eigenvalue weighted by atomic mass is 10.2. The maximum atomic E-state index is 11.8. The highest BCUT2D eigenvalue weighted by molar-refractivity contribution is 7.99. The lowest BCUT2D eigenvalue weighted by Crippen LogP contribution is -2.40. The smallest absolute Gasteiger partial charge is 0.404 e. The van der Waals surface area contributed by atoms with Gasteiger partial charge in [0, 0.05) is 12.3 Å². The van der Waals surface area contributed by atoms with Crippen LogP contribution in [-0.4, -0.2) is 35.4 Å². The average molecular weight is 293 g/mol. The van der Waals surface area contributed by atoms with Crippen LogP contribution < -0.4 is 10.6 Å². The summed E-state index contributed by atoms with van der Waals surface area (Å²) in [5.74, 6) is 0.244. The van der Waals surface area contributed by atoms with Crippen molar-refractivity contribution in [2.24, 2.45) is 0 Å². The van der Waals surface area contributed by atoms with Crippen molar-refractivity contribution < 1.29 is 14.7 Å². The molecule has 6 nitrogen and oxygen atoms in total. The van der Waals surface area contributed by atoms with Crippen LogP contribution in [0.25, 0.3) is 0 Å². The molecule has 0 aliphatic carbocycles. The Morgan fingerprint density at radius 2 is 2.00 bits per heavy atom. The largest absolute Gasteiger partial charge is 0.465 e. The summed E-state index contributed by atoms with van der Waals surface area (Å²) < 4.78 is 0. The molecule has 0 heterocycles. The number of carboxylic acid groups (broad SMARTS) is 1. The van der Waals surface area contributed by atoms with Crippen LogP contribution in [0, 0.1) is 11.3 Å². The number of nitrogens with zero attached hydrogens (tertiary/aromatic N) is 1. The number of nitrogens with one attached hydrogen (secondary N) is 2. The van der Waals surface area contributed by atoms with E-state index in [4.69, 9.17) is 10.4 Å². The fourth-order valence-electron chi connectivity index (χ4n) is 1.42. The fourth-order valence-corrected chi connectivity index (χ4v) is 2.44. The van der Waals surface area contributed by atoms with Crippen molar-refractivity contribution in [3.05, 3.63) is 35.9 Å². The Hall–Kier alpha value is -2.20. The summed E-state index contributed by atoms with van der Waals surface area (Å²) in [6, 6.07) is 11.4. The SMILES string of the molecule is N#CCNC(=O)C(CNC(=O)O)SCc1ccccc1. The molecule has 0 spiro atoms. The van der Waals surface area contributed by atoms with E-state index in [-0.39, 0.29) is 19.0 Å². The number of carbonyl (C=O) groups excluding carboxylic acids is 1. The molecule has 0 saturated carbocycles. The van der Waals surface area contributed by atoms with Crippen molar-refractivity contribution in [3.8, 4) is 6.07 Å². The molecule has 0 bridgehead atoms. The number of benzene rings is 1. The first-order valence-corrected chi connectivity index (χ1v) is 6.95. The van der Waals surface area contributed by atoms with E-state index in [0.717, 1.165) is 5.56 Å². The highest BCUT2D eigenvalue weighted by Crippen LogP contribution is 2.17. The summed E-state index contributed by atoms with van der Waals surface area (Å²) in [6.45, 7) is -0.0849. The molecule has 106 valence electrons. The first-order valence-electron chi connectivity index (χ1n) is 5.90. The molecule has 1 unspecified atom stereocenters. The summed E-state index contributed by atoms with van der Waals surface area (Å²) in [7, 11) is 0. The average Bonchev–Trinajstić information content (AvgIpc) is 2.45. The van der Waals surface area contributed by atoms with Crippen LogP contribution in [0.3, 0.4) is 0 Å². The topological polar surface area (TPSA) is 102 Å². The fraction of sp³-hybridized carbons (Fsp3) is 0.308. The number of amides is 2. The monoisotopic (exact) mass is 293 g/mol. The number of thioether (sulfide) groups is 1. The summed E-state index contributed by atoms with van der Waals surface area (Å²) in [4.78, 5) is 22.3. The van der Waals surface area contributed by atoms with E-state index in [2.05, 4.69) is 10.6 Å². The molecule has 0 radical (unpaired) electrons. The van der Waals surface area contributed by atoms with Crippen LogP contribution in [-0.2, 0) is 10.5 Å². The third kappa shape index (κ3) is 6.11. The molecule has 1 rings (SSSR count). The van der Waals surface area contributed by atoms with Crippen molar-refractivity contribution >= 4 is 23.8 Å². The summed E-state index contributed by atoms with van der Waals surface area (Å²) in [5, 5.41) is 21.1. The van der Waals surface area contributed by atoms with E-state index in [1.165, 1.54) is 11.8 Å². The molecule has 2 amide bonds. The molecule has 1 aromatic carbocycles. The Balaban J connectivity index is 2.55. The Labute approximate surface area is 121 Å². The van der Waals surface area contributed by atoms with E-state index >= 15 is 0 Å². The Morgan fingerprint density at radius 3 is 2.60 bits per heavy atom. The van der Waals surface area contributed by atoms with Crippen molar-refractivity contribution in [3.63, 3.8) is 0 Å². The van der Waals surface area contributed by atoms with Gasteiger partial charge in [0.1, 0.15) is 11.8 Å². The Bertz CT molecular complexity index is 487. The Kier molecular flexibility index (Phi) is 7.00. The lowest BCUT2D eigenvalue weighted by molar-refractivity contribution is -0.120. The minimum atomic E-state index is -1.18. The molecular weight excluding hydrogens is 278 g/mol. The molecule has 0 aromatic heterocycles. The van der Waals surface area contributed by atoms with Crippen molar-refractivity contribution in [1.29, 1.82) is 5.26 Å². The second-order valence-corrected chi connectivity index (χ2v) is 5.04. The number of rotatable bonds is 7. The lowest BCUT2D eigenvalue weighted by Gasteiger charge is -2.15. The zero-order valence-electron chi connectivity index (χ0n) is 10.7. The van der Waals surface area contributed by atoms with E-state index in [1.54, 1.807) is 0 Å². The first-order chi connectivity index (χ1) is 9.63. The van der Waals surface area contributed by atoms with Crippen LogP contribution in [0.15, 0.2) is 30.3 Å². The van der Waals surface area contributed by atoms with Crippen LogP contribution in [0.5, 0.6) is 0 Å². The first kappa shape index (κ1) is 15.9. The third-order valence-corrected chi connectivity index (χ3v) is 3.65. The number of hydrogen-bond donors (Lipinski definition) is 3. The summed E-state index contributed by atoms with van der Waals surface area (Å²) in [6.07, 6.45) is -1.18. The second kappa shape index (κ2) is 8.82. The van der Waals surface area contributed by atoms with Gasteiger partial charge in [0.15, 0.2) is 0 Å². The molecule has 0 aliphatic heterocycles. The van der Waals surface area contributed by atoms with Crippen LogP contribution in [0.1, 0.15) is 5.56 Å². The molecule has 7 heteroatoms. The summed E-state index contributed by atoms with van der Waals surface area (Å²) in [5.41, 5.74) is 1.05. The Morgan fingerprint density at radius 1 is 1.30 bits per heavy atom. The van der Waals surface area contributed by atoms with E-state index in [1.807, 2.05) is 36.4 Å². The molecular formula is C13H15N3O3S. The maximum absolute atomic E-state index is 11.8. The van der Waals surface area contributed by atoms with Gasteiger partial charge in [-0.2, -0.15) is 5.26 Å². The molecule has 0 saturated heterocycles. The van der Waals surface area contributed by atoms with Crippen LogP contribution in [0.4, 0.5) is 4.79 Å². The van der Waals surface area contributed by atoms with E-state index < -0.39 is 11.3 Å². The van der Waals surface area contributed by atoms with Gasteiger partial charge in [0.2, 0.25) is 5.91 Å². The zero-order valence-corrected chi connectivity index (χ0v) is 11.5. The summed E-state index contributed by atoms with van der Waals surface area (Å²) >= 11 is 1.33. The van der Waals surface area contributed by atoms with Crippen molar-refractivity contribution in [1.82, 2.24) is 10.6 Å². The molecule has 20 heavy (non-hydrogen) atoms.